The Bertz CT molecular complexity index is 259. The zero-order valence-corrected chi connectivity index (χ0v) is 9.45. The fourth-order valence-electron chi connectivity index (χ4n) is 1.87. The highest BCUT2D eigenvalue weighted by Crippen LogP contribution is 2.23. The van der Waals surface area contributed by atoms with Crippen LogP contribution < -0.4 is 10.6 Å². The number of hydrogen-bond acceptors (Lipinski definition) is 2. The van der Waals surface area contributed by atoms with E-state index in [0.717, 1.165) is 13.0 Å². The standard InChI is InChI=1S/C10H17F3N2O/c1-7(6-10(11,12)13)15-8(16)9(2)4-3-5-14-9/h7,14H,3-6H2,1-2H3,(H,15,16). The van der Waals surface area contributed by atoms with Gasteiger partial charge in [0.2, 0.25) is 5.91 Å². The lowest BCUT2D eigenvalue weighted by molar-refractivity contribution is -0.142. The molecule has 0 radical (unpaired) electrons. The first kappa shape index (κ1) is 13.3. The van der Waals surface area contributed by atoms with Crippen LogP contribution in [-0.2, 0) is 4.79 Å². The molecule has 1 rings (SSSR count). The SMILES string of the molecule is CC(CC(F)(F)F)NC(=O)C1(C)CCCN1. The Hall–Kier alpha value is -0.780. The van der Waals surface area contributed by atoms with E-state index >= 15 is 0 Å². The van der Waals surface area contributed by atoms with Crippen LogP contribution >= 0.6 is 0 Å². The molecule has 0 bridgehead atoms. The Labute approximate surface area is 92.8 Å². The number of rotatable bonds is 3. The number of amides is 1. The third-order valence-corrected chi connectivity index (χ3v) is 2.79. The lowest BCUT2D eigenvalue weighted by Crippen LogP contribution is -2.53. The maximum Gasteiger partial charge on any atom is 0.391 e. The normalized spacial score (nSPS) is 27.8. The van der Waals surface area contributed by atoms with Crippen molar-refractivity contribution in [3.8, 4) is 0 Å². The highest BCUT2D eigenvalue weighted by atomic mass is 19.4. The topological polar surface area (TPSA) is 41.1 Å². The van der Waals surface area contributed by atoms with Crippen molar-refractivity contribution in [2.24, 2.45) is 0 Å². The lowest BCUT2D eigenvalue weighted by Gasteiger charge is -2.26. The van der Waals surface area contributed by atoms with Crippen molar-refractivity contribution in [2.75, 3.05) is 6.54 Å². The van der Waals surface area contributed by atoms with Crippen LogP contribution in [0.2, 0.25) is 0 Å². The predicted molar refractivity (Wildman–Crippen MR) is 53.9 cm³/mol. The van der Waals surface area contributed by atoms with Gasteiger partial charge in [-0.3, -0.25) is 4.79 Å². The number of hydrogen-bond donors (Lipinski definition) is 2. The fraction of sp³-hybridized carbons (Fsp3) is 0.900. The van der Waals surface area contributed by atoms with Crippen LogP contribution in [0, 0.1) is 0 Å². The minimum Gasteiger partial charge on any atom is -0.352 e. The maximum absolute atomic E-state index is 12.1. The van der Waals surface area contributed by atoms with E-state index in [-0.39, 0.29) is 5.91 Å². The van der Waals surface area contributed by atoms with E-state index in [4.69, 9.17) is 0 Å². The van der Waals surface area contributed by atoms with Gasteiger partial charge in [-0.15, -0.1) is 0 Å². The molecule has 1 aliphatic heterocycles. The van der Waals surface area contributed by atoms with E-state index in [1.165, 1.54) is 6.92 Å². The van der Waals surface area contributed by atoms with Gasteiger partial charge >= 0.3 is 6.18 Å². The van der Waals surface area contributed by atoms with Gasteiger partial charge in [0.25, 0.3) is 0 Å². The van der Waals surface area contributed by atoms with Gasteiger partial charge in [0, 0.05) is 6.04 Å². The Morgan fingerprint density at radius 3 is 2.62 bits per heavy atom. The van der Waals surface area contributed by atoms with Gasteiger partial charge in [-0.2, -0.15) is 13.2 Å². The summed E-state index contributed by atoms with van der Waals surface area (Å²) in [5.74, 6) is -0.346. The van der Waals surface area contributed by atoms with Crippen LogP contribution in [0.4, 0.5) is 13.2 Å². The number of nitrogens with one attached hydrogen (secondary N) is 2. The van der Waals surface area contributed by atoms with Gasteiger partial charge in [0.05, 0.1) is 12.0 Å². The van der Waals surface area contributed by atoms with Crippen molar-refractivity contribution in [1.29, 1.82) is 0 Å². The molecule has 2 atom stereocenters. The Balaban J connectivity index is 2.45. The molecule has 1 heterocycles. The average molecular weight is 238 g/mol. The molecule has 1 fully saturated rings. The van der Waals surface area contributed by atoms with Crippen LogP contribution in [-0.4, -0.2) is 30.2 Å². The summed E-state index contributed by atoms with van der Waals surface area (Å²) in [7, 11) is 0. The molecule has 0 aromatic carbocycles. The quantitative estimate of drug-likeness (QED) is 0.784. The van der Waals surface area contributed by atoms with Crippen molar-refractivity contribution in [2.45, 2.75) is 50.9 Å². The molecule has 2 N–H and O–H groups in total. The Kier molecular flexibility index (Phi) is 3.83. The van der Waals surface area contributed by atoms with E-state index < -0.39 is 24.2 Å². The first-order valence-electron chi connectivity index (χ1n) is 5.36. The van der Waals surface area contributed by atoms with Crippen molar-refractivity contribution < 1.29 is 18.0 Å². The average Bonchev–Trinajstić information content (AvgIpc) is 2.49. The molecule has 1 amide bonds. The van der Waals surface area contributed by atoms with Crippen LogP contribution in [0.5, 0.6) is 0 Å². The zero-order chi connectivity index (χ0) is 12.4. The molecular weight excluding hydrogens is 221 g/mol. The van der Waals surface area contributed by atoms with Gasteiger partial charge in [0.15, 0.2) is 0 Å². The molecule has 0 aromatic rings. The smallest absolute Gasteiger partial charge is 0.352 e. The van der Waals surface area contributed by atoms with E-state index in [1.807, 2.05) is 0 Å². The summed E-state index contributed by atoms with van der Waals surface area (Å²) in [5.41, 5.74) is -0.708. The van der Waals surface area contributed by atoms with Crippen LogP contribution in [0.1, 0.15) is 33.1 Å². The van der Waals surface area contributed by atoms with E-state index in [2.05, 4.69) is 10.6 Å². The molecule has 94 valence electrons. The van der Waals surface area contributed by atoms with Gasteiger partial charge in [-0.25, -0.2) is 0 Å². The minimum absolute atomic E-state index is 0.346. The molecule has 2 unspecified atom stereocenters. The van der Waals surface area contributed by atoms with Gasteiger partial charge in [-0.1, -0.05) is 0 Å². The molecule has 0 aromatic heterocycles. The van der Waals surface area contributed by atoms with Crippen LogP contribution in [0.15, 0.2) is 0 Å². The van der Waals surface area contributed by atoms with Gasteiger partial charge < -0.3 is 10.6 Å². The predicted octanol–water partition coefficient (Wildman–Crippen LogP) is 1.59. The first-order chi connectivity index (χ1) is 7.23. The number of halogens is 3. The molecule has 0 aliphatic carbocycles. The monoisotopic (exact) mass is 238 g/mol. The number of alkyl halides is 3. The number of carbonyl (C=O) groups is 1. The van der Waals surface area contributed by atoms with Crippen LogP contribution in [0.25, 0.3) is 0 Å². The maximum atomic E-state index is 12.1. The number of carbonyl (C=O) groups excluding carboxylic acids is 1. The largest absolute Gasteiger partial charge is 0.391 e. The van der Waals surface area contributed by atoms with E-state index in [1.54, 1.807) is 6.92 Å². The summed E-state index contributed by atoms with van der Waals surface area (Å²) in [5, 5.41) is 5.41. The molecule has 6 heteroatoms. The summed E-state index contributed by atoms with van der Waals surface area (Å²) < 4.78 is 36.2. The van der Waals surface area contributed by atoms with E-state index in [9.17, 15) is 18.0 Å². The van der Waals surface area contributed by atoms with Crippen molar-refractivity contribution in [3.05, 3.63) is 0 Å². The Morgan fingerprint density at radius 2 is 2.19 bits per heavy atom. The highest BCUT2D eigenvalue weighted by molar-refractivity contribution is 5.86. The summed E-state index contributed by atoms with van der Waals surface area (Å²) >= 11 is 0. The third kappa shape index (κ3) is 3.66. The zero-order valence-electron chi connectivity index (χ0n) is 9.45. The Morgan fingerprint density at radius 1 is 1.56 bits per heavy atom. The summed E-state index contributed by atoms with van der Waals surface area (Å²) in [6.07, 6.45) is -3.69. The highest BCUT2D eigenvalue weighted by Gasteiger charge is 2.38. The van der Waals surface area contributed by atoms with Crippen molar-refractivity contribution in [3.63, 3.8) is 0 Å². The second kappa shape index (κ2) is 4.61. The molecule has 1 aliphatic rings. The molecule has 1 saturated heterocycles. The van der Waals surface area contributed by atoms with E-state index in [0.29, 0.717) is 6.42 Å². The lowest BCUT2D eigenvalue weighted by atomic mass is 9.99. The summed E-state index contributed by atoms with van der Waals surface area (Å²) in [6, 6.07) is -0.883. The third-order valence-electron chi connectivity index (χ3n) is 2.79. The first-order valence-corrected chi connectivity index (χ1v) is 5.36. The fourth-order valence-corrected chi connectivity index (χ4v) is 1.87. The molecule has 3 nitrogen and oxygen atoms in total. The minimum atomic E-state index is -4.24. The molecule has 0 spiro atoms. The van der Waals surface area contributed by atoms with Crippen LogP contribution in [0.3, 0.4) is 0 Å². The second-order valence-corrected chi connectivity index (χ2v) is 4.56. The van der Waals surface area contributed by atoms with Crippen molar-refractivity contribution in [1.82, 2.24) is 10.6 Å². The van der Waals surface area contributed by atoms with Crippen molar-refractivity contribution >= 4 is 5.91 Å². The summed E-state index contributed by atoms with van der Waals surface area (Å²) in [6.45, 7) is 3.82. The van der Waals surface area contributed by atoms with Gasteiger partial charge in [-0.05, 0) is 33.2 Å². The van der Waals surface area contributed by atoms with Gasteiger partial charge in [0.1, 0.15) is 0 Å². The molecule has 16 heavy (non-hydrogen) atoms. The molecular formula is C10H17F3N2O. The summed E-state index contributed by atoms with van der Waals surface area (Å²) in [4.78, 5) is 11.7. The second-order valence-electron chi connectivity index (χ2n) is 4.56. The molecule has 0 saturated carbocycles.